The molecule has 5 nitrogen and oxygen atoms in total. The Morgan fingerprint density at radius 1 is 1.42 bits per heavy atom. The fourth-order valence-electron chi connectivity index (χ4n) is 2.26. The Morgan fingerprint density at radius 2 is 2.16 bits per heavy atom. The van der Waals surface area contributed by atoms with Crippen LogP contribution in [0.25, 0.3) is 10.9 Å². The Kier molecular flexibility index (Phi) is 3.55. The Morgan fingerprint density at radius 3 is 2.74 bits per heavy atom. The molecule has 0 radical (unpaired) electrons. The van der Waals surface area contributed by atoms with Crippen LogP contribution in [0.3, 0.4) is 0 Å². The van der Waals surface area contributed by atoms with E-state index in [1.54, 1.807) is 19.2 Å². The van der Waals surface area contributed by atoms with Crippen LogP contribution in [0, 0.1) is 0 Å². The SMILES string of the molecule is CCc1c(NC)c2cccc(C(=O)OC)c2[nH]c1=O. The monoisotopic (exact) mass is 260 g/mol. The second-order valence-electron chi connectivity index (χ2n) is 4.13. The molecule has 2 N–H and O–H groups in total. The summed E-state index contributed by atoms with van der Waals surface area (Å²) in [4.78, 5) is 26.6. The van der Waals surface area contributed by atoms with E-state index in [-0.39, 0.29) is 5.56 Å². The molecule has 2 rings (SSSR count). The van der Waals surface area contributed by atoms with Crippen LogP contribution in [0.5, 0.6) is 0 Å². The molecule has 0 aliphatic rings. The van der Waals surface area contributed by atoms with Gasteiger partial charge in [0.05, 0.1) is 23.9 Å². The van der Waals surface area contributed by atoms with Crippen LogP contribution in [-0.4, -0.2) is 25.1 Å². The largest absolute Gasteiger partial charge is 0.465 e. The predicted octanol–water partition coefficient (Wildman–Crippen LogP) is 1.92. The van der Waals surface area contributed by atoms with Crippen LogP contribution in [0.2, 0.25) is 0 Å². The van der Waals surface area contributed by atoms with Gasteiger partial charge in [0.2, 0.25) is 0 Å². The fourth-order valence-corrected chi connectivity index (χ4v) is 2.26. The number of carbonyl (C=O) groups is 1. The highest BCUT2D eigenvalue weighted by atomic mass is 16.5. The second kappa shape index (κ2) is 5.14. The summed E-state index contributed by atoms with van der Waals surface area (Å²) in [5.74, 6) is -0.465. The third-order valence-electron chi connectivity index (χ3n) is 3.16. The Hall–Kier alpha value is -2.30. The molecule has 1 aromatic carbocycles. The van der Waals surface area contributed by atoms with Crippen molar-refractivity contribution >= 4 is 22.6 Å². The zero-order valence-corrected chi connectivity index (χ0v) is 11.2. The van der Waals surface area contributed by atoms with Crippen molar-refractivity contribution in [3.63, 3.8) is 0 Å². The van der Waals surface area contributed by atoms with Gasteiger partial charge in [-0.05, 0) is 12.5 Å². The molecule has 19 heavy (non-hydrogen) atoms. The zero-order chi connectivity index (χ0) is 14.0. The van der Waals surface area contributed by atoms with Crippen molar-refractivity contribution in [1.82, 2.24) is 4.98 Å². The van der Waals surface area contributed by atoms with E-state index in [1.165, 1.54) is 7.11 Å². The lowest BCUT2D eigenvalue weighted by Gasteiger charge is -2.12. The first-order chi connectivity index (χ1) is 9.13. The van der Waals surface area contributed by atoms with E-state index in [1.807, 2.05) is 13.0 Å². The summed E-state index contributed by atoms with van der Waals surface area (Å²) in [5.41, 5.74) is 2.11. The molecule has 1 aromatic heterocycles. The molecule has 0 atom stereocenters. The van der Waals surface area contributed by atoms with E-state index in [4.69, 9.17) is 4.74 Å². The highest BCUT2D eigenvalue weighted by Crippen LogP contribution is 2.26. The molecule has 0 amide bonds. The van der Waals surface area contributed by atoms with Gasteiger partial charge in [0, 0.05) is 18.0 Å². The molecule has 0 unspecified atom stereocenters. The number of hydrogen-bond acceptors (Lipinski definition) is 4. The fraction of sp³-hybridized carbons (Fsp3) is 0.286. The van der Waals surface area contributed by atoms with Gasteiger partial charge in [0.15, 0.2) is 0 Å². The van der Waals surface area contributed by atoms with Gasteiger partial charge in [-0.1, -0.05) is 19.1 Å². The highest BCUT2D eigenvalue weighted by molar-refractivity contribution is 6.06. The summed E-state index contributed by atoms with van der Waals surface area (Å²) in [6.07, 6.45) is 0.615. The van der Waals surface area contributed by atoms with Gasteiger partial charge in [-0.3, -0.25) is 4.79 Å². The standard InChI is InChI=1S/C14H16N2O3/c1-4-8-11(15-2)9-6-5-7-10(14(18)19-3)12(9)16-13(8)17/h5-7H,4H2,1-3H3,(H2,15,16,17). The highest BCUT2D eigenvalue weighted by Gasteiger charge is 2.16. The third-order valence-corrected chi connectivity index (χ3v) is 3.16. The Balaban J connectivity index is 2.90. The van der Waals surface area contributed by atoms with E-state index in [2.05, 4.69) is 10.3 Å². The molecule has 0 aliphatic heterocycles. The average molecular weight is 260 g/mol. The molecule has 1 heterocycles. The first-order valence-corrected chi connectivity index (χ1v) is 6.08. The molecule has 0 spiro atoms. The number of fused-ring (bicyclic) bond motifs is 1. The summed E-state index contributed by atoms with van der Waals surface area (Å²) < 4.78 is 4.73. The third kappa shape index (κ3) is 2.07. The van der Waals surface area contributed by atoms with E-state index in [0.29, 0.717) is 23.1 Å². The number of H-pyrrole nitrogens is 1. The lowest BCUT2D eigenvalue weighted by Crippen LogP contribution is -2.17. The molecular formula is C14H16N2O3. The van der Waals surface area contributed by atoms with Gasteiger partial charge in [-0.15, -0.1) is 0 Å². The number of aromatic amines is 1. The minimum atomic E-state index is -0.465. The Bertz CT molecular complexity index is 689. The van der Waals surface area contributed by atoms with Crippen molar-refractivity contribution in [2.45, 2.75) is 13.3 Å². The van der Waals surface area contributed by atoms with Crippen molar-refractivity contribution in [3.05, 3.63) is 39.7 Å². The molecule has 0 saturated heterocycles. The summed E-state index contributed by atoms with van der Waals surface area (Å²) in [7, 11) is 3.08. The van der Waals surface area contributed by atoms with Gasteiger partial charge in [0.1, 0.15) is 0 Å². The van der Waals surface area contributed by atoms with Crippen LogP contribution in [0.15, 0.2) is 23.0 Å². The number of ether oxygens (including phenoxy) is 1. The van der Waals surface area contributed by atoms with E-state index in [0.717, 1.165) is 11.1 Å². The van der Waals surface area contributed by atoms with Gasteiger partial charge < -0.3 is 15.0 Å². The van der Waals surface area contributed by atoms with Gasteiger partial charge in [-0.25, -0.2) is 4.79 Å². The number of hydrogen-bond donors (Lipinski definition) is 2. The van der Waals surface area contributed by atoms with Crippen molar-refractivity contribution < 1.29 is 9.53 Å². The molecular weight excluding hydrogens is 244 g/mol. The minimum absolute atomic E-state index is 0.185. The molecule has 100 valence electrons. The zero-order valence-electron chi connectivity index (χ0n) is 11.2. The lowest BCUT2D eigenvalue weighted by atomic mass is 10.0. The number of benzene rings is 1. The molecule has 0 saturated carbocycles. The number of aromatic nitrogens is 1. The van der Waals surface area contributed by atoms with E-state index >= 15 is 0 Å². The summed E-state index contributed by atoms with van der Waals surface area (Å²) in [6, 6.07) is 5.27. The van der Waals surface area contributed by atoms with Crippen LogP contribution in [0.1, 0.15) is 22.8 Å². The number of anilines is 1. The topological polar surface area (TPSA) is 71.2 Å². The van der Waals surface area contributed by atoms with Crippen molar-refractivity contribution in [2.24, 2.45) is 0 Å². The lowest BCUT2D eigenvalue weighted by molar-refractivity contribution is 0.0603. The number of rotatable bonds is 3. The van der Waals surface area contributed by atoms with Crippen LogP contribution < -0.4 is 10.9 Å². The number of nitrogens with one attached hydrogen (secondary N) is 2. The van der Waals surface area contributed by atoms with E-state index in [9.17, 15) is 9.59 Å². The maximum absolute atomic E-state index is 12.1. The van der Waals surface area contributed by atoms with Crippen molar-refractivity contribution in [1.29, 1.82) is 0 Å². The maximum Gasteiger partial charge on any atom is 0.339 e. The van der Waals surface area contributed by atoms with Crippen LogP contribution in [-0.2, 0) is 11.2 Å². The maximum atomic E-state index is 12.1. The van der Waals surface area contributed by atoms with Crippen LogP contribution >= 0.6 is 0 Å². The normalized spacial score (nSPS) is 10.5. The Labute approximate surface area is 110 Å². The predicted molar refractivity (Wildman–Crippen MR) is 74.8 cm³/mol. The van der Waals surface area contributed by atoms with E-state index < -0.39 is 5.97 Å². The molecule has 0 aliphatic carbocycles. The first-order valence-electron chi connectivity index (χ1n) is 6.08. The average Bonchev–Trinajstić information content (AvgIpc) is 2.44. The summed E-state index contributed by atoms with van der Waals surface area (Å²) in [6.45, 7) is 1.92. The number of methoxy groups -OCH3 is 1. The van der Waals surface area contributed by atoms with Crippen molar-refractivity contribution in [3.8, 4) is 0 Å². The van der Waals surface area contributed by atoms with Crippen LogP contribution in [0.4, 0.5) is 5.69 Å². The smallest absolute Gasteiger partial charge is 0.339 e. The molecule has 2 aromatic rings. The first kappa shape index (κ1) is 13.1. The number of esters is 1. The number of para-hydroxylation sites is 1. The van der Waals surface area contributed by atoms with Crippen molar-refractivity contribution in [2.75, 3.05) is 19.5 Å². The van der Waals surface area contributed by atoms with Gasteiger partial charge >= 0.3 is 5.97 Å². The number of carbonyl (C=O) groups excluding carboxylic acids is 1. The minimum Gasteiger partial charge on any atom is -0.465 e. The quantitative estimate of drug-likeness (QED) is 0.827. The van der Waals surface area contributed by atoms with Gasteiger partial charge in [-0.2, -0.15) is 0 Å². The summed E-state index contributed by atoms with van der Waals surface area (Å²) >= 11 is 0. The molecule has 0 bridgehead atoms. The van der Waals surface area contributed by atoms with Gasteiger partial charge in [0.25, 0.3) is 5.56 Å². The second-order valence-corrected chi connectivity index (χ2v) is 4.13. The summed E-state index contributed by atoms with van der Waals surface area (Å²) in [5, 5.41) is 3.85. The number of pyridine rings is 1. The molecule has 5 heteroatoms. The molecule has 0 fully saturated rings.